The molecule has 1 saturated heterocycles. The molecule has 1 aromatic rings. The number of fused-ring (bicyclic) bond motifs is 2. The Morgan fingerprint density at radius 3 is 2.47 bits per heavy atom. The smallest absolute Gasteiger partial charge is 0.0236 e. The molecule has 1 aliphatic heterocycles. The van der Waals surface area contributed by atoms with Crippen LogP contribution < -0.4 is 5.32 Å². The van der Waals surface area contributed by atoms with Crippen LogP contribution in [0.3, 0.4) is 0 Å². The zero-order valence-corrected chi connectivity index (χ0v) is 12.2. The second kappa shape index (κ2) is 5.64. The summed E-state index contributed by atoms with van der Waals surface area (Å²) in [7, 11) is 0. The Balaban J connectivity index is 1.54. The zero-order valence-electron chi connectivity index (χ0n) is 12.2. The Bertz CT molecular complexity index is 410. The van der Waals surface area contributed by atoms with Crippen LogP contribution in [-0.2, 0) is 13.1 Å². The summed E-state index contributed by atoms with van der Waals surface area (Å²) in [6.45, 7) is 7.85. The van der Waals surface area contributed by atoms with E-state index >= 15 is 0 Å². The lowest BCUT2D eigenvalue weighted by molar-refractivity contribution is 0.205. The third kappa shape index (κ3) is 3.18. The van der Waals surface area contributed by atoms with Crippen molar-refractivity contribution in [3.8, 4) is 0 Å². The summed E-state index contributed by atoms with van der Waals surface area (Å²) in [4.78, 5) is 2.69. The maximum atomic E-state index is 3.47. The van der Waals surface area contributed by atoms with E-state index in [2.05, 4.69) is 48.3 Å². The number of piperidine rings is 1. The van der Waals surface area contributed by atoms with E-state index in [9.17, 15) is 0 Å². The highest BCUT2D eigenvalue weighted by Gasteiger charge is 2.37. The van der Waals surface area contributed by atoms with Gasteiger partial charge in [-0.1, -0.05) is 38.1 Å². The molecule has 2 nitrogen and oxygen atoms in total. The summed E-state index contributed by atoms with van der Waals surface area (Å²) in [6, 6.07) is 10.6. The molecule has 2 unspecified atom stereocenters. The van der Waals surface area contributed by atoms with E-state index in [1.165, 1.54) is 36.9 Å². The first-order chi connectivity index (χ1) is 9.20. The first-order valence-electron chi connectivity index (χ1n) is 7.76. The summed E-state index contributed by atoms with van der Waals surface area (Å²) in [5.74, 6) is 1.000. The van der Waals surface area contributed by atoms with Crippen LogP contribution in [0.5, 0.6) is 0 Å². The van der Waals surface area contributed by atoms with Crippen LogP contribution in [0.4, 0.5) is 0 Å². The zero-order chi connectivity index (χ0) is 13.2. The average molecular weight is 258 g/mol. The number of hydrogen-bond donors (Lipinski definition) is 1. The van der Waals surface area contributed by atoms with E-state index in [1.54, 1.807) is 0 Å². The molecule has 1 aliphatic carbocycles. The summed E-state index contributed by atoms with van der Waals surface area (Å²) < 4.78 is 0. The van der Waals surface area contributed by atoms with Crippen LogP contribution in [0.1, 0.15) is 44.2 Å². The molecular formula is C17H26N2. The first-order valence-corrected chi connectivity index (χ1v) is 7.76. The first kappa shape index (κ1) is 13.1. The van der Waals surface area contributed by atoms with Gasteiger partial charge in [-0.3, -0.25) is 4.90 Å². The van der Waals surface area contributed by atoms with Gasteiger partial charge in [0.2, 0.25) is 0 Å². The summed E-state index contributed by atoms with van der Waals surface area (Å²) in [5.41, 5.74) is 2.86. The Hall–Kier alpha value is -0.860. The van der Waals surface area contributed by atoms with Gasteiger partial charge in [0.25, 0.3) is 0 Å². The van der Waals surface area contributed by atoms with Crippen LogP contribution in [0.25, 0.3) is 0 Å². The molecule has 104 valence electrons. The monoisotopic (exact) mass is 258 g/mol. The number of nitrogens with one attached hydrogen (secondary N) is 1. The largest absolute Gasteiger partial charge is 0.310 e. The minimum Gasteiger partial charge on any atom is -0.310 e. The van der Waals surface area contributed by atoms with Gasteiger partial charge in [0.05, 0.1) is 0 Å². The molecule has 0 aromatic heterocycles. The molecule has 3 rings (SSSR count). The number of hydrogen-bond acceptors (Lipinski definition) is 2. The molecule has 2 fully saturated rings. The molecule has 2 heteroatoms. The highest BCUT2D eigenvalue weighted by atomic mass is 15.2. The van der Waals surface area contributed by atoms with Crippen molar-refractivity contribution in [2.75, 3.05) is 6.54 Å². The van der Waals surface area contributed by atoms with Crippen molar-refractivity contribution in [3.63, 3.8) is 0 Å². The maximum absolute atomic E-state index is 3.47. The van der Waals surface area contributed by atoms with Gasteiger partial charge < -0.3 is 5.32 Å². The standard InChI is InChI=1S/C17H26N2/c1-13(2)18-10-14-3-5-15(6-4-14)11-19-12-16-7-8-17(19)9-16/h3-6,13,16-18H,7-12H2,1-2H3. The van der Waals surface area contributed by atoms with Gasteiger partial charge in [0.15, 0.2) is 0 Å². The number of nitrogens with zero attached hydrogens (tertiary/aromatic N) is 1. The lowest BCUT2D eigenvalue weighted by Crippen LogP contribution is -2.31. The lowest BCUT2D eigenvalue weighted by atomic mass is 10.1. The molecule has 1 saturated carbocycles. The quantitative estimate of drug-likeness (QED) is 0.872. The van der Waals surface area contributed by atoms with Crippen LogP contribution in [-0.4, -0.2) is 23.5 Å². The van der Waals surface area contributed by atoms with Gasteiger partial charge in [-0.15, -0.1) is 0 Å². The molecular weight excluding hydrogens is 232 g/mol. The van der Waals surface area contributed by atoms with Crippen molar-refractivity contribution in [2.24, 2.45) is 5.92 Å². The van der Waals surface area contributed by atoms with E-state index in [0.29, 0.717) is 6.04 Å². The minimum atomic E-state index is 0.555. The van der Waals surface area contributed by atoms with E-state index in [-0.39, 0.29) is 0 Å². The highest BCUT2D eigenvalue weighted by Crippen LogP contribution is 2.38. The molecule has 1 N–H and O–H groups in total. The van der Waals surface area contributed by atoms with E-state index in [1.807, 2.05) is 0 Å². The molecule has 2 bridgehead atoms. The van der Waals surface area contributed by atoms with E-state index < -0.39 is 0 Å². The van der Waals surface area contributed by atoms with Crippen molar-refractivity contribution in [1.29, 1.82) is 0 Å². The van der Waals surface area contributed by atoms with Crippen LogP contribution in [0.15, 0.2) is 24.3 Å². The Labute approximate surface area is 117 Å². The number of likely N-dealkylation sites (tertiary alicyclic amines) is 1. The van der Waals surface area contributed by atoms with Crippen LogP contribution in [0, 0.1) is 5.92 Å². The van der Waals surface area contributed by atoms with Gasteiger partial charge in [0.1, 0.15) is 0 Å². The average Bonchev–Trinajstić information content (AvgIpc) is 3.00. The van der Waals surface area contributed by atoms with E-state index in [4.69, 9.17) is 0 Å². The van der Waals surface area contributed by atoms with E-state index in [0.717, 1.165) is 25.0 Å². The number of benzene rings is 1. The molecule has 1 heterocycles. The predicted octanol–water partition coefficient (Wildman–Crippen LogP) is 3.17. The Kier molecular flexibility index (Phi) is 3.90. The van der Waals surface area contributed by atoms with Crippen molar-refractivity contribution >= 4 is 0 Å². The molecule has 0 amide bonds. The van der Waals surface area contributed by atoms with Crippen molar-refractivity contribution in [1.82, 2.24) is 10.2 Å². The molecule has 2 atom stereocenters. The van der Waals surface area contributed by atoms with Crippen LogP contribution in [0.2, 0.25) is 0 Å². The number of rotatable bonds is 5. The lowest BCUT2D eigenvalue weighted by Gasteiger charge is -2.26. The molecule has 1 aromatic carbocycles. The normalized spacial score (nSPS) is 26.5. The van der Waals surface area contributed by atoms with Crippen LogP contribution >= 0.6 is 0 Å². The van der Waals surface area contributed by atoms with Crippen molar-refractivity contribution in [3.05, 3.63) is 35.4 Å². The Morgan fingerprint density at radius 1 is 1.16 bits per heavy atom. The van der Waals surface area contributed by atoms with Gasteiger partial charge in [0, 0.05) is 31.7 Å². The van der Waals surface area contributed by atoms with Gasteiger partial charge in [-0.2, -0.15) is 0 Å². The second-order valence-corrected chi connectivity index (χ2v) is 6.61. The summed E-state index contributed by atoms with van der Waals surface area (Å²) in [5, 5.41) is 3.47. The predicted molar refractivity (Wildman–Crippen MR) is 80.0 cm³/mol. The third-order valence-corrected chi connectivity index (χ3v) is 4.65. The molecule has 19 heavy (non-hydrogen) atoms. The minimum absolute atomic E-state index is 0.555. The van der Waals surface area contributed by atoms with Crippen molar-refractivity contribution < 1.29 is 0 Å². The molecule has 0 radical (unpaired) electrons. The Morgan fingerprint density at radius 2 is 1.89 bits per heavy atom. The van der Waals surface area contributed by atoms with Gasteiger partial charge in [-0.25, -0.2) is 0 Å². The van der Waals surface area contributed by atoms with Crippen molar-refractivity contribution in [2.45, 2.75) is 58.3 Å². The fourth-order valence-corrected chi connectivity index (χ4v) is 3.54. The maximum Gasteiger partial charge on any atom is 0.0236 e. The fourth-order valence-electron chi connectivity index (χ4n) is 3.54. The second-order valence-electron chi connectivity index (χ2n) is 6.61. The topological polar surface area (TPSA) is 15.3 Å². The third-order valence-electron chi connectivity index (χ3n) is 4.65. The molecule has 2 aliphatic rings. The van der Waals surface area contributed by atoms with Gasteiger partial charge >= 0.3 is 0 Å². The highest BCUT2D eigenvalue weighted by molar-refractivity contribution is 5.22. The SMILES string of the molecule is CC(C)NCc1ccc(CN2CC3CCC2C3)cc1. The molecule has 0 spiro atoms. The summed E-state index contributed by atoms with van der Waals surface area (Å²) in [6.07, 6.45) is 4.36. The fraction of sp³-hybridized carbons (Fsp3) is 0.647. The summed E-state index contributed by atoms with van der Waals surface area (Å²) >= 11 is 0. The van der Waals surface area contributed by atoms with Gasteiger partial charge in [-0.05, 0) is 36.3 Å².